The molecule has 1 aromatic heterocycles. The van der Waals surface area contributed by atoms with Gasteiger partial charge in [0.1, 0.15) is 5.82 Å². The minimum atomic E-state index is 0.117. The Bertz CT molecular complexity index is 502. The molecule has 0 saturated carbocycles. The molecule has 0 aromatic carbocycles. The summed E-state index contributed by atoms with van der Waals surface area (Å²) < 4.78 is 0. The van der Waals surface area contributed by atoms with Crippen molar-refractivity contribution in [3.8, 4) is 0 Å². The Kier molecular flexibility index (Phi) is 4.44. The van der Waals surface area contributed by atoms with Crippen molar-refractivity contribution in [2.24, 2.45) is 10.9 Å². The van der Waals surface area contributed by atoms with Crippen LogP contribution >= 0.6 is 0 Å². The first-order valence-corrected chi connectivity index (χ1v) is 6.89. The molecule has 0 spiro atoms. The van der Waals surface area contributed by atoms with Crippen molar-refractivity contribution in [2.75, 3.05) is 32.1 Å². The van der Waals surface area contributed by atoms with Crippen molar-refractivity contribution in [2.45, 2.75) is 25.8 Å². The molecule has 0 radical (unpaired) electrons. The molecular weight excluding hydrogens is 254 g/mol. The van der Waals surface area contributed by atoms with Crippen LogP contribution in [0.3, 0.4) is 0 Å². The number of oxime groups is 1. The quantitative estimate of drug-likeness (QED) is 0.373. The standard InChI is InChI=1S/C14H23N5O/c1-10-7-11(14(15)17-20)8-13(16-10)19(3)12-5-4-6-18(2)9-12/h7-8,12,20H,4-6,9H2,1-3H3,(H2,15,17). The molecule has 1 unspecified atom stereocenters. The fourth-order valence-corrected chi connectivity index (χ4v) is 2.68. The molecule has 1 aromatic rings. The maximum atomic E-state index is 8.81. The molecule has 0 aliphatic carbocycles. The van der Waals surface area contributed by atoms with Gasteiger partial charge >= 0.3 is 0 Å². The van der Waals surface area contributed by atoms with Gasteiger partial charge in [0.15, 0.2) is 5.84 Å². The number of pyridine rings is 1. The van der Waals surface area contributed by atoms with E-state index in [2.05, 4.69) is 34.0 Å². The van der Waals surface area contributed by atoms with Crippen molar-refractivity contribution in [1.29, 1.82) is 0 Å². The molecule has 1 atom stereocenters. The molecule has 0 amide bonds. The third-order valence-corrected chi connectivity index (χ3v) is 3.85. The van der Waals surface area contributed by atoms with E-state index in [0.29, 0.717) is 11.6 Å². The topological polar surface area (TPSA) is 78.0 Å². The van der Waals surface area contributed by atoms with E-state index in [1.54, 1.807) is 0 Å². The van der Waals surface area contributed by atoms with Crippen LogP contribution in [0.4, 0.5) is 5.82 Å². The van der Waals surface area contributed by atoms with Gasteiger partial charge in [0.25, 0.3) is 0 Å². The summed E-state index contributed by atoms with van der Waals surface area (Å²) in [6, 6.07) is 4.14. The molecule has 2 rings (SSSR count). The maximum absolute atomic E-state index is 8.81. The summed E-state index contributed by atoms with van der Waals surface area (Å²) >= 11 is 0. The van der Waals surface area contributed by atoms with Crippen LogP contribution in [0.2, 0.25) is 0 Å². The highest BCUT2D eigenvalue weighted by molar-refractivity contribution is 5.97. The Hall–Kier alpha value is -1.82. The number of aromatic nitrogens is 1. The Morgan fingerprint density at radius 3 is 2.95 bits per heavy atom. The fraction of sp³-hybridized carbons (Fsp3) is 0.571. The molecule has 3 N–H and O–H groups in total. The number of hydrogen-bond acceptors (Lipinski definition) is 5. The van der Waals surface area contributed by atoms with Crippen LogP contribution in [0.1, 0.15) is 24.1 Å². The summed E-state index contributed by atoms with van der Waals surface area (Å²) in [7, 11) is 4.20. The predicted octanol–water partition coefficient (Wildman–Crippen LogP) is 1.01. The number of nitrogens with zero attached hydrogens (tertiary/aromatic N) is 4. The Morgan fingerprint density at radius 2 is 2.30 bits per heavy atom. The van der Waals surface area contributed by atoms with Crippen LogP contribution in [0, 0.1) is 6.92 Å². The zero-order valence-electron chi connectivity index (χ0n) is 12.4. The van der Waals surface area contributed by atoms with E-state index in [9.17, 15) is 0 Å². The molecule has 1 saturated heterocycles. The smallest absolute Gasteiger partial charge is 0.170 e. The van der Waals surface area contributed by atoms with E-state index < -0.39 is 0 Å². The molecular formula is C14H23N5O. The van der Waals surface area contributed by atoms with E-state index in [0.717, 1.165) is 31.0 Å². The molecule has 0 bridgehead atoms. The van der Waals surface area contributed by atoms with Crippen LogP contribution in [0.25, 0.3) is 0 Å². The minimum absolute atomic E-state index is 0.117. The molecule has 110 valence electrons. The van der Waals surface area contributed by atoms with Crippen LogP contribution < -0.4 is 10.6 Å². The maximum Gasteiger partial charge on any atom is 0.170 e. The highest BCUT2D eigenvalue weighted by atomic mass is 16.4. The number of hydrogen-bond donors (Lipinski definition) is 2. The van der Waals surface area contributed by atoms with Crippen LogP contribution in [0.5, 0.6) is 0 Å². The first-order chi connectivity index (χ1) is 9.51. The third kappa shape index (κ3) is 3.19. The minimum Gasteiger partial charge on any atom is -0.409 e. The van der Waals surface area contributed by atoms with Gasteiger partial charge in [0.2, 0.25) is 0 Å². The van der Waals surface area contributed by atoms with Crippen LogP contribution in [0.15, 0.2) is 17.3 Å². The lowest BCUT2D eigenvalue weighted by molar-refractivity contribution is 0.247. The Labute approximate surface area is 119 Å². The molecule has 1 aliphatic heterocycles. The highest BCUT2D eigenvalue weighted by Crippen LogP contribution is 2.21. The number of nitrogens with two attached hydrogens (primary N) is 1. The molecule has 6 nitrogen and oxygen atoms in total. The summed E-state index contributed by atoms with van der Waals surface area (Å²) in [6.07, 6.45) is 2.36. The van der Waals surface area contributed by atoms with E-state index in [1.165, 1.54) is 6.42 Å². The first kappa shape index (κ1) is 14.6. The predicted molar refractivity (Wildman–Crippen MR) is 80.4 cm³/mol. The van der Waals surface area contributed by atoms with Crippen molar-refractivity contribution in [1.82, 2.24) is 9.88 Å². The number of piperidine rings is 1. The average Bonchev–Trinajstić information content (AvgIpc) is 2.45. The van der Waals surface area contributed by atoms with Gasteiger partial charge in [0.05, 0.1) is 0 Å². The van der Waals surface area contributed by atoms with Gasteiger partial charge in [-0.25, -0.2) is 4.98 Å². The first-order valence-electron chi connectivity index (χ1n) is 6.89. The van der Waals surface area contributed by atoms with Gasteiger partial charge in [-0.05, 0) is 45.5 Å². The van der Waals surface area contributed by atoms with E-state index >= 15 is 0 Å². The van der Waals surface area contributed by atoms with Gasteiger partial charge in [0, 0.05) is 30.9 Å². The van der Waals surface area contributed by atoms with Gasteiger partial charge in [-0.3, -0.25) is 0 Å². The second-order valence-electron chi connectivity index (χ2n) is 5.51. The summed E-state index contributed by atoms with van der Waals surface area (Å²) in [5.74, 6) is 0.984. The normalized spacial score (nSPS) is 20.9. The van der Waals surface area contributed by atoms with Crippen molar-refractivity contribution in [3.63, 3.8) is 0 Å². The number of rotatable bonds is 3. The molecule has 20 heavy (non-hydrogen) atoms. The second kappa shape index (κ2) is 6.09. The fourth-order valence-electron chi connectivity index (χ4n) is 2.68. The zero-order chi connectivity index (χ0) is 14.7. The van der Waals surface area contributed by atoms with Gasteiger partial charge in [-0.15, -0.1) is 0 Å². The van der Waals surface area contributed by atoms with Crippen molar-refractivity contribution in [3.05, 3.63) is 23.4 Å². The summed E-state index contributed by atoms with van der Waals surface area (Å²) in [6.45, 7) is 4.10. The monoisotopic (exact) mass is 277 g/mol. The van der Waals surface area contributed by atoms with Gasteiger partial charge in [-0.1, -0.05) is 5.16 Å². The Balaban J connectivity index is 2.25. The van der Waals surface area contributed by atoms with Crippen LogP contribution in [-0.4, -0.2) is 54.2 Å². The molecule has 1 fully saturated rings. The van der Waals surface area contributed by atoms with E-state index in [-0.39, 0.29) is 5.84 Å². The molecule has 2 heterocycles. The summed E-state index contributed by atoms with van der Waals surface area (Å²) in [5.41, 5.74) is 7.24. The number of likely N-dealkylation sites (N-methyl/N-ethyl adjacent to an activating group) is 2. The molecule has 6 heteroatoms. The Morgan fingerprint density at radius 1 is 1.55 bits per heavy atom. The van der Waals surface area contributed by atoms with E-state index in [1.807, 2.05) is 19.1 Å². The van der Waals surface area contributed by atoms with Crippen LogP contribution in [-0.2, 0) is 0 Å². The van der Waals surface area contributed by atoms with Crippen molar-refractivity contribution < 1.29 is 5.21 Å². The highest BCUT2D eigenvalue weighted by Gasteiger charge is 2.22. The van der Waals surface area contributed by atoms with Gasteiger partial charge in [-0.2, -0.15) is 0 Å². The van der Waals surface area contributed by atoms with E-state index in [4.69, 9.17) is 10.9 Å². The lowest BCUT2D eigenvalue weighted by Gasteiger charge is -2.36. The SMILES string of the molecule is Cc1cc(/C(N)=N/O)cc(N(C)C2CCCN(C)C2)n1. The molecule has 1 aliphatic rings. The average molecular weight is 277 g/mol. The second-order valence-corrected chi connectivity index (χ2v) is 5.51. The number of amidine groups is 1. The largest absolute Gasteiger partial charge is 0.409 e. The summed E-state index contributed by atoms with van der Waals surface area (Å²) in [5, 5.41) is 11.9. The number of aryl methyl sites for hydroxylation is 1. The van der Waals surface area contributed by atoms with Crippen molar-refractivity contribution >= 4 is 11.7 Å². The number of anilines is 1. The number of likely N-dealkylation sites (tertiary alicyclic amines) is 1. The zero-order valence-corrected chi connectivity index (χ0v) is 12.4. The third-order valence-electron chi connectivity index (χ3n) is 3.85. The van der Waals surface area contributed by atoms with Gasteiger partial charge < -0.3 is 20.7 Å². The lowest BCUT2D eigenvalue weighted by Crippen LogP contribution is -2.45. The summed E-state index contributed by atoms with van der Waals surface area (Å²) in [4.78, 5) is 9.10. The lowest BCUT2D eigenvalue weighted by atomic mass is 10.0.